The van der Waals surface area contributed by atoms with Crippen molar-refractivity contribution in [2.75, 3.05) is 13.1 Å². The molecule has 98 valence electrons. The summed E-state index contributed by atoms with van der Waals surface area (Å²) in [5.74, 6) is -1.19. The second-order valence-electron chi connectivity index (χ2n) is 4.64. The number of aliphatic carboxylic acids is 1. The van der Waals surface area contributed by atoms with Crippen LogP contribution in [0, 0.1) is 5.92 Å². The van der Waals surface area contributed by atoms with Gasteiger partial charge in [0.15, 0.2) is 0 Å². The number of likely N-dealkylation sites (tertiary alicyclic amines) is 1. The van der Waals surface area contributed by atoms with Gasteiger partial charge >= 0.3 is 5.97 Å². The van der Waals surface area contributed by atoms with Crippen molar-refractivity contribution in [3.63, 3.8) is 0 Å². The fourth-order valence-corrected chi connectivity index (χ4v) is 2.18. The summed E-state index contributed by atoms with van der Waals surface area (Å²) in [5, 5.41) is 13.2. The molecule has 6 heteroatoms. The molecule has 1 amide bonds. The smallest absolute Gasteiger partial charge is 0.308 e. The standard InChI is InChI=1S/C12H17N3O3/c1-14-6-4-10(13-14)5-7-15-8-9(12(17)18)2-3-11(15)16/h4,6,9H,2-3,5,7-8H2,1H3,(H,17,18). The number of aromatic nitrogens is 2. The number of carbonyl (C=O) groups is 2. The average Bonchev–Trinajstić information content (AvgIpc) is 2.74. The molecule has 1 unspecified atom stereocenters. The molecule has 18 heavy (non-hydrogen) atoms. The van der Waals surface area contributed by atoms with Crippen LogP contribution in [0.25, 0.3) is 0 Å². The minimum atomic E-state index is -0.815. The number of carbonyl (C=O) groups excluding carboxylic acids is 1. The van der Waals surface area contributed by atoms with Gasteiger partial charge in [0.2, 0.25) is 5.91 Å². The lowest BCUT2D eigenvalue weighted by molar-refractivity contribution is -0.147. The molecule has 1 N–H and O–H groups in total. The first kappa shape index (κ1) is 12.6. The van der Waals surface area contributed by atoms with E-state index in [1.165, 1.54) is 0 Å². The molecule has 0 spiro atoms. The lowest BCUT2D eigenvalue weighted by Gasteiger charge is -2.30. The Morgan fingerprint density at radius 3 is 3.00 bits per heavy atom. The van der Waals surface area contributed by atoms with Crippen LogP contribution < -0.4 is 0 Å². The van der Waals surface area contributed by atoms with Crippen molar-refractivity contribution in [3.05, 3.63) is 18.0 Å². The Morgan fingerprint density at radius 2 is 2.39 bits per heavy atom. The molecule has 0 aromatic carbocycles. The highest BCUT2D eigenvalue weighted by atomic mass is 16.4. The van der Waals surface area contributed by atoms with Gasteiger partial charge in [-0.2, -0.15) is 5.10 Å². The number of aryl methyl sites for hydroxylation is 1. The largest absolute Gasteiger partial charge is 0.481 e. The van der Waals surface area contributed by atoms with E-state index in [2.05, 4.69) is 5.10 Å². The van der Waals surface area contributed by atoms with Gasteiger partial charge in [0.05, 0.1) is 11.6 Å². The first-order valence-corrected chi connectivity index (χ1v) is 6.05. The highest BCUT2D eigenvalue weighted by molar-refractivity contribution is 5.80. The number of carboxylic acid groups (broad SMARTS) is 1. The highest BCUT2D eigenvalue weighted by Gasteiger charge is 2.29. The Bertz CT molecular complexity index is 455. The van der Waals surface area contributed by atoms with Crippen LogP contribution in [0.5, 0.6) is 0 Å². The van der Waals surface area contributed by atoms with Crippen molar-refractivity contribution in [2.24, 2.45) is 13.0 Å². The van der Waals surface area contributed by atoms with Gasteiger partial charge in [-0.25, -0.2) is 0 Å². The summed E-state index contributed by atoms with van der Waals surface area (Å²) in [7, 11) is 1.84. The summed E-state index contributed by atoms with van der Waals surface area (Å²) in [6.07, 6.45) is 3.31. The Hall–Kier alpha value is -1.85. The summed E-state index contributed by atoms with van der Waals surface area (Å²) in [4.78, 5) is 24.3. The highest BCUT2D eigenvalue weighted by Crippen LogP contribution is 2.18. The van der Waals surface area contributed by atoms with Crippen molar-refractivity contribution >= 4 is 11.9 Å². The fourth-order valence-electron chi connectivity index (χ4n) is 2.18. The zero-order valence-corrected chi connectivity index (χ0v) is 10.4. The summed E-state index contributed by atoms with van der Waals surface area (Å²) in [6.45, 7) is 0.862. The second-order valence-corrected chi connectivity index (χ2v) is 4.64. The molecule has 1 atom stereocenters. The molecule has 1 fully saturated rings. The van der Waals surface area contributed by atoms with Gasteiger partial charge in [-0.05, 0) is 12.5 Å². The molecular formula is C12H17N3O3. The maximum absolute atomic E-state index is 11.7. The van der Waals surface area contributed by atoms with Crippen LogP contribution in [0.1, 0.15) is 18.5 Å². The summed E-state index contributed by atoms with van der Waals surface area (Å²) >= 11 is 0. The van der Waals surface area contributed by atoms with Gasteiger partial charge in [-0.3, -0.25) is 14.3 Å². The van der Waals surface area contributed by atoms with Crippen molar-refractivity contribution < 1.29 is 14.7 Å². The van der Waals surface area contributed by atoms with Gasteiger partial charge in [0.25, 0.3) is 0 Å². The van der Waals surface area contributed by atoms with Gasteiger partial charge in [-0.15, -0.1) is 0 Å². The first-order chi connectivity index (χ1) is 8.56. The maximum atomic E-state index is 11.7. The molecule has 1 saturated heterocycles. The third-order valence-corrected chi connectivity index (χ3v) is 3.26. The van der Waals surface area contributed by atoms with Crippen LogP contribution in [0.3, 0.4) is 0 Å². The summed E-state index contributed by atoms with van der Waals surface area (Å²) in [6, 6.07) is 1.91. The van der Waals surface area contributed by atoms with Gasteiger partial charge < -0.3 is 10.0 Å². The molecule has 0 bridgehead atoms. The van der Waals surface area contributed by atoms with E-state index < -0.39 is 11.9 Å². The van der Waals surface area contributed by atoms with Gasteiger partial charge in [-0.1, -0.05) is 0 Å². The number of nitrogens with zero attached hydrogens (tertiary/aromatic N) is 3. The topological polar surface area (TPSA) is 75.4 Å². The number of rotatable bonds is 4. The molecule has 0 radical (unpaired) electrons. The second kappa shape index (κ2) is 5.20. The van der Waals surface area contributed by atoms with E-state index in [4.69, 9.17) is 5.11 Å². The molecule has 2 heterocycles. The SMILES string of the molecule is Cn1ccc(CCN2CC(C(=O)O)CCC2=O)n1. The number of piperidine rings is 1. The predicted molar refractivity (Wildman–Crippen MR) is 63.9 cm³/mol. The van der Waals surface area contributed by atoms with Crippen molar-refractivity contribution in [1.82, 2.24) is 14.7 Å². The lowest BCUT2D eigenvalue weighted by Crippen LogP contribution is -2.43. The van der Waals surface area contributed by atoms with Crippen molar-refractivity contribution in [1.29, 1.82) is 0 Å². The van der Waals surface area contributed by atoms with Gasteiger partial charge in [0.1, 0.15) is 0 Å². The van der Waals surface area contributed by atoms with E-state index >= 15 is 0 Å². The van der Waals surface area contributed by atoms with E-state index in [9.17, 15) is 9.59 Å². The minimum absolute atomic E-state index is 0.0448. The molecule has 1 aromatic heterocycles. The summed E-state index contributed by atoms with van der Waals surface area (Å²) in [5.41, 5.74) is 0.919. The predicted octanol–water partition coefficient (Wildman–Crippen LogP) is 0.286. The van der Waals surface area contributed by atoms with E-state index in [1.54, 1.807) is 9.58 Å². The third kappa shape index (κ3) is 2.88. The average molecular weight is 251 g/mol. The fraction of sp³-hybridized carbons (Fsp3) is 0.583. The molecule has 0 aliphatic carbocycles. The molecular weight excluding hydrogens is 234 g/mol. The van der Waals surface area contributed by atoms with Crippen molar-refractivity contribution in [2.45, 2.75) is 19.3 Å². The molecule has 1 aliphatic rings. The normalized spacial score (nSPS) is 20.2. The summed E-state index contributed by atoms with van der Waals surface area (Å²) < 4.78 is 1.72. The number of carboxylic acids is 1. The van der Waals surface area contributed by atoms with Crippen LogP contribution in [0.4, 0.5) is 0 Å². The molecule has 0 saturated carbocycles. The van der Waals surface area contributed by atoms with Crippen LogP contribution in [0.2, 0.25) is 0 Å². The Labute approximate surface area is 105 Å². The maximum Gasteiger partial charge on any atom is 0.308 e. The van der Waals surface area contributed by atoms with Crippen molar-refractivity contribution in [3.8, 4) is 0 Å². The number of hydrogen-bond acceptors (Lipinski definition) is 3. The van der Waals surface area contributed by atoms with E-state index in [-0.39, 0.29) is 5.91 Å². The molecule has 1 aromatic rings. The van der Waals surface area contributed by atoms with Crippen LogP contribution in [0.15, 0.2) is 12.3 Å². The minimum Gasteiger partial charge on any atom is -0.481 e. The van der Waals surface area contributed by atoms with E-state index in [0.29, 0.717) is 32.4 Å². The quantitative estimate of drug-likeness (QED) is 0.834. The van der Waals surface area contributed by atoms with Crippen LogP contribution >= 0.6 is 0 Å². The Kier molecular flexibility index (Phi) is 3.64. The first-order valence-electron chi connectivity index (χ1n) is 6.05. The molecule has 6 nitrogen and oxygen atoms in total. The lowest BCUT2D eigenvalue weighted by atomic mass is 9.97. The molecule has 2 rings (SSSR count). The molecule has 1 aliphatic heterocycles. The van der Waals surface area contributed by atoms with Gasteiger partial charge in [0, 0.05) is 39.2 Å². The van der Waals surface area contributed by atoms with E-state index in [1.807, 2.05) is 19.3 Å². The Balaban J connectivity index is 1.90. The monoisotopic (exact) mass is 251 g/mol. The zero-order chi connectivity index (χ0) is 13.1. The van der Waals surface area contributed by atoms with Crippen LogP contribution in [-0.4, -0.2) is 44.8 Å². The van der Waals surface area contributed by atoms with E-state index in [0.717, 1.165) is 5.69 Å². The zero-order valence-electron chi connectivity index (χ0n) is 10.4. The number of amides is 1. The third-order valence-electron chi connectivity index (χ3n) is 3.26. The van der Waals surface area contributed by atoms with Crippen LogP contribution in [-0.2, 0) is 23.1 Å². The Morgan fingerprint density at radius 1 is 1.61 bits per heavy atom. The number of hydrogen-bond donors (Lipinski definition) is 1.